The molecule has 5 rings (SSSR count). The first-order valence-corrected chi connectivity index (χ1v) is 13.6. The molecule has 3 aromatic carbocycles. The summed E-state index contributed by atoms with van der Waals surface area (Å²) in [5.74, 6) is -1.000. The quantitative estimate of drug-likeness (QED) is 0.267. The minimum atomic E-state index is -0.982. The zero-order chi connectivity index (χ0) is 27.4. The number of anilines is 1. The Morgan fingerprint density at radius 3 is 2.31 bits per heavy atom. The van der Waals surface area contributed by atoms with Gasteiger partial charge in [0.2, 0.25) is 5.91 Å². The maximum atomic E-state index is 14.3. The van der Waals surface area contributed by atoms with Gasteiger partial charge in [-0.3, -0.25) is 14.5 Å². The molecule has 0 saturated heterocycles. The lowest BCUT2D eigenvalue weighted by Crippen LogP contribution is -2.47. The van der Waals surface area contributed by atoms with Crippen molar-refractivity contribution in [3.8, 4) is 11.3 Å². The number of aryl methyl sites for hydroxylation is 2. The number of carbonyl (C=O) groups is 2. The Morgan fingerprint density at radius 2 is 1.62 bits per heavy atom. The van der Waals surface area contributed by atoms with Crippen LogP contribution in [0.5, 0.6) is 0 Å². The Balaban J connectivity index is 1.60. The van der Waals surface area contributed by atoms with E-state index in [9.17, 15) is 14.0 Å². The van der Waals surface area contributed by atoms with E-state index in [2.05, 4.69) is 10.3 Å². The van der Waals surface area contributed by atoms with Crippen molar-refractivity contribution in [2.75, 3.05) is 4.90 Å². The monoisotopic (exact) mass is 523 g/mol. The minimum Gasteiger partial charge on any atom is -0.351 e. The number of rotatable bonds is 7. The van der Waals surface area contributed by atoms with Gasteiger partial charge >= 0.3 is 0 Å². The van der Waals surface area contributed by atoms with Crippen LogP contribution in [0.4, 0.5) is 10.1 Å². The Bertz CT molecular complexity index is 1440. The van der Waals surface area contributed by atoms with Crippen LogP contribution >= 0.6 is 0 Å². The molecule has 1 aliphatic rings. The molecule has 0 radical (unpaired) electrons. The molecule has 4 aromatic rings. The van der Waals surface area contributed by atoms with Gasteiger partial charge in [0, 0.05) is 17.4 Å². The van der Waals surface area contributed by atoms with Gasteiger partial charge in [-0.2, -0.15) is 0 Å². The second-order valence-electron chi connectivity index (χ2n) is 10.4. The summed E-state index contributed by atoms with van der Waals surface area (Å²) in [5, 5.41) is 3.21. The van der Waals surface area contributed by atoms with Crippen molar-refractivity contribution >= 4 is 17.5 Å². The summed E-state index contributed by atoms with van der Waals surface area (Å²) in [5.41, 5.74) is 5.24. The van der Waals surface area contributed by atoms with E-state index in [1.165, 1.54) is 12.1 Å². The molecular weight excluding hydrogens is 489 g/mol. The molecule has 0 aliphatic heterocycles. The van der Waals surface area contributed by atoms with Gasteiger partial charge in [-0.15, -0.1) is 0 Å². The van der Waals surface area contributed by atoms with Crippen LogP contribution in [-0.2, 0) is 4.79 Å². The fourth-order valence-corrected chi connectivity index (χ4v) is 5.47. The molecular formula is C33H34FN3O2. The summed E-state index contributed by atoms with van der Waals surface area (Å²) in [7, 11) is 0. The largest absolute Gasteiger partial charge is 0.351 e. The summed E-state index contributed by atoms with van der Waals surface area (Å²) in [6.07, 6.45) is 5.12. The fourth-order valence-electron chi connectivity index (χ4n) is 5.47. The third kappa shape index (κ3) is 5.95. The third-order valence-corrected chi connectivity index (χ3v) is 7.48. The van der Waals surface area contributed by atoms with Gasteiger partial charge in [0.15, 0.2) is 0 Å². The van der Waals surface area contributed by atoms with Gasteiger partial charge in [-0.1, -0.05) is 79.4 Å². The van der Waals surface area contributed by atoms with Crippen molar-refractivity contribution in [2.24, 2.45) is 0 Å². The highest BCUT2D eigenvalue weighted by molar-refractivity contribution is 6.10. The molecule has 5 nitrogen and oxygen atoms in total. The van der Waals surface area contributed by atoms with Crippen molar-refractivity contribution < 1.29 is 14.0 Å². The molecule has 39 heavy (non-hydrogen) atoms. The Hall–Kier alpha value is -4.19. The van der Waals surface area contributed by atoms with Crippen LogP contribution in [0.2, 0.25) is 0 Å². The SMILES string of the molecule is Cc1ccc(N(C(=O)c2ccc(-c3ccccc3)[nH]2)[C@H](C(=O)NC2CCCCC2)c2ccc(F)cc2)c(C)c1. The van der Waals surface area contributed by atoms with Gasteiger partial charge in [0.05, 0.1) is 0 Å². The van der Waals surface area contributed by atoms with Crippen LogP contribution in [0, 0.1) is 19.7 Å². The summed E-state index contributed by atoms with van der Waals surface area (Å²) in [4.78, 5) is 33.2. The predicted molar refractivity (Wildman–Crippen MR) is 153 cm³/mol. The topological polar surface area (TPSA) is 65.2 Å². The molecule has 6 heteroatoms. The van der Waals surface area contributed by atoms with Gasteiger partial charge in [0.25, 0.3) is 5.91 Å². The zero-order valence-corrected chi connectivity index (χ0v) is 22.4. The van der Waals surface area contributed by atoms with Crippen LogP contribution in [-0.4, -0.2) is 22.8 Å². The number of carbonyl (C=O) groups excluding carboxylic acids is 2. The minimum absolute atomic E-state index is 0.0560. The van der Waals surface area contributed by atoms with Crippen molar-refractivity contribution in [3.05, 3.63) is 113 Å². The number of aromatic amines is 1. The fraction of sp³-hybridized carbons (Fsp3) is 0.273. The maximum Gasteiger partial charge on any atom is 0.275 e. The second kappa shape index (κ2) is 11.7. The number of hydrogen-bond donors (Lipinski definition) is 2. The summed E-state index contributed by atoms with van der Waals surface area (Å²) < 4.78 is 14.0. The van der Waals surface area contributed by atoms with Crippen molar-refractivity contribution in [3.63, 3.8) is 0 Å². The summed E-state index contributed by atoms with van der Waals surface area (Å²) >= 11 is 0. The molecule has 1 fully saturated rings. The average molecular weight is 524 g/mol. The zero-order valence-electron chi connectivity index (χ0n) is 22.4. The number of nitrogens with one attached hydrogen (secondary N) is 2. The van der Waals surface area contributed by atoms with Crippen LogP contribution in [0.15, 0.2) is 84.9 Å². The molecule has 2 amide bonds. The number of amides is 2. The van der Waals surface area contributed by atoms with Gasteiger partial charge in [-0.05, 0) is 73.7 Å². The lowest BCUT2D eigenvalue weighted by molar-refractivity contribution is -0.123. The highest BCUT2D eigenvalue weighted by Crippen LogP contribution is 2.34. The average Bonchev–Trinajstić information content (AvgIpc) is 3.44. The molecule has 0 bridgehead atoms. The second-order valence-corrected chi connectivity index (χ2v) is 10.4. The molecule has 0 unspecified atom stereocenters. The Kier molecular flexibility index (Phi) is 7.92. The standard InChI is InChI=1S/C33H34FN3O2/c1-22-13-20-30(23(2)21-22)37(33(39)29-19-18-28(36-29)24-9-5-3-6-10-24)31(25-14-16-26(34)17-15-25)32(38)35-27-11-7-4-8-12-27/h3,5-6,9-10,13-21,27,31,36H,4,7-8,11-12H2,1-2H3,(H,35,38)/t31-/m0/s1. The van der Waals surface area contributed by atoms with Crippen LogP contribution in [0.3, 0.4) is 0 Å². The summed E-state index contributed by atoms with van der Waals surface area (Å²) in [6.45, 7) is 3.93. The first-order valence-electron chi connectivity index (χ1n) is 13.6. The molecule has 1 aromatic heterocycles. The Labute approximate surface area is 229 Å². The Morgan fingerprint density at radius 1 is 0.897 bits per heavy atom. The van der Waals surface area contributed by atoms with E-state index < -0.39 is 11.9 Å². The first-order chi connectivity index (χ1) is 18.9. The molecule has 2 N–H and O–H groups in total. The lowest BCUT2D eigenvalue weighted by Gasteiger charge is -2.34. The molecule has 0 spiro atoms. The third-order valence-electron chi connectivity index (χ3n) is 7.48. The van der Waals surface area contributed by atoms with E-state index >= 15 is 0 Å². The summed E-state index contributed by atoms with van der Waals surface area (Å²) in [6, 6.07) is 24.2. The van der Waals surface area contributed by atoms with Crippen LogP contribution in [0.1, 0.15) is 65.3 Å². The number of hydrogen-bond acceptors (Lipinski definition) is 2. The number of benzene rings is 3. The van der Waals surface area contributed by atoms with E-state index in [4.69, 9.17) is 0 Å². The van der Waals surface area contributed by atoms with Crippen molar-refractivity contribution in [1.82, 2.24) is 10.3 Å². The van der Waals surface area contributed by atoms with Crippen molar-refractivity contribution in [2.45, 2.75) is 58.0 Å². The number of nitrogens with zero attached hydrogens (tertiary/aromatic N) is 1. The highest BCUT2D eigenvalue weighted by Gasteiger charge is 2.36. The van der Waals surface area contributed by atoms with Gasteiger partial charge in [-0.25, -0.2) is 4.39 Å². The van der Waals surface area contributed by atoms with Gasteiger partial charge in [0.1, 0.15) is 17.6 Å². The lowest BCUT2D eigenvalue weighted by atomic mass is 9.94. The van der Waals surface area contributed by atoms with Crippen molar-refractivity contribution in [1.29, 1.82) is 0 Å². The van der Waals surface area contributed by atoms with Crippen LogP contribution in [0.25, 0.3) is 11.3 Å². The van der Waals surface area contributed by atoms with Gasteiger partial charge < -0.3 is 10.3 Å². The predicted octanol–water partition coefficient (Wildman–Crippen LogP) is 7.27. The smallest absolute Gasteiger partial charge is 0.275 e. The van der Waals surface area contributed by atoms with E-state index in [0.717, 1.165) is 54.5 Å². The molecule has 1 heterocycles. The number of halogens is 1. The molecule has 1 atom stereocenters. The first kappa shape index (κ1) is 26.4. The maximum absolute atomic E-state index is 14.3. The highest BCUT2D eigenvalue weighted by atomic mass is 19.1. The van der Waals surface area contributed by atoms with E-state index in [1.807, 2.05) is 68.4 Å². The van der Waals surface area contributed by atoms with E-state index in [1.54, 1.807) is 23.1 Å². The van der Waals surface area contributed by atoms with E-state index in [-0.39, 0.29) is 17.9 Å². The molecule has 200 valence electrons. The van der Waals surface area contributed by atoms with Crippen LogP contribution < -0.4 is 10.2 Å². The molecule has 1 aliphatic carbocycles. The normalized spacial score (nSPS) is 14.5. The number of aromatic nitrogens is 1. The molecule has 1 saturated carbocycles. The van der Waals surface area contributed by atoms with E-state index in [0.29, 0.717) is 16.9 Å². The number of H-pyrrole nitrogens is 1.